The van der Waals surface area contributed by atoms with Crippen molar-refractivity contribution >= 4 is 17.4 Å². The molecule has 7 nitrogen and oxygen atoms in total. The Balaban J connectivity index is 1.72. The fourth-order valence-corrected chi connectivity index (χ4v) is 1.76. The molecule has 0 atom stereocenters. The second kappa shape index (κ2) is 5.55. The van der Waals surface area contributed by atoms with Gasteiger partial charge in [0.05, 0.1) is 0 Å². The molecule has 1 N–H and O–H groups in total. The van der Waals surface area contributed by atoms with Crippen molar-refractivity contribution < 1.29 is 22.7 Å². The first-order valence-electron chi connectivity index (χ1n) is 6.25. The third-order valence-corrected chi connectivity index (χ3v) is 2.67. The molecule has 2 heterocycles. The molecule has 118 valence electrons. The summed E-state index contributed by atoms with van der Waals surface area (Å²) in [5, 5.41) is 6.40. The van der Waals surface area contributed by atoms with E-state index in [-0.39, 0.29) is 23.0 Å². The van der Waals surface area contributed by atoms with Crippen molar-refractivity contribution in [1.29, 1.82) is 0 Å². The van der Waals surface area contributed by atoms with Gasteiger partial charge in [0.25, 0.3) is 11.7 Å². The molecule has 0 spiro atoms. The van der Waals surface area contributed by atoms with Crippen molar-refractivity contribution in [3.8, 4) is 5.75 Å². The van der Waals surface area contributed by atoms with Crippen LogP contribution in [0.1, 0.15) is 10.6 Å². The van der Waals surface area contributed by atoms with Crippen molar-refractivity contribution in [1.82, 2.24) is 19.6 Å². The number of fused-ring (bicyclic) bond motifs is 1. The van der Waals surface area contributed by atoms with Crippen LogP contribution in [0.15, 0.2) is 42.7 Å². The maximum atomic E-state index is 12.1. The highest BCUT2D eigenvalue weighted by atomic mass is 19.4. The summed E-state index contributed by atoms with van der Waals surface area (Å²) < 4.78 is 41.2. The SMILES string of the molecule is O=C(Nc1ccc(OC(F)(F)F)cc1)c1nc2ncccn2n1. The quantitative estimate of drug-likeness (QED) is 0.800. The van der Waals surface area contributed by atoms with Crippen LogP contribution >= 0.6 is 0 Å². The van der Waals surface area contributed by atoms with E-state index in [0.29, 0.717) is 0 Å². The molecule has 23 heavy (non-hydrogen) atoms. The van der Waals surface area contributed by atoms with Crippen LogP contribution in [0.2, 0.25) is 0 Å². The number of carbonyl (C=O) groups is 1. The first kappa shape index (κ1) is 14.8. The largest absolute Gasteiger partial charge is 0.573 e. The molecule has 10 heteroatoms. The summed E-state index contributed by atoms with van der Waals surface area (Å²) in [6.07, 6.45) is -1.68. The van der Waals surface area contributed by atoms with Crippen LogP contribution in [-0.4, -0.2) is 31.9 Å². The fraction of sp³-hybridized carbons (Fsp3) is 0.0769. The molecule has 0 saturated carbocycles. The third kappa shape index (κ3) is 3.54. The molecular weight excluding hydrogens is 315 g/mol. The first-order chi connectivity index (χ1) is 10.9. The zero-order valence-corrected chi connectivity index (χ0v) is 11.3. The molecule has 1 amide bonds. The van der Waals surface area contributed by atoms with Gasteiger partial charge in [-0.25, -0.2) is 9.50 Å². The number of nitrogens with zero attached hydrogens (tertiary/aromatic N) is 4. The van der Waals surface area contributed by atoms with E-state index < -0.39 is 12.3 Å². The number of aromatic nitrogens is 4. The molecule has 0 unspecified atom stereocenters. The van der Waals surface area contributed by atoms with Crippen LogP contribution in [0, 0.1) is 0 Å². The highest BCUT2D eigenvalue weighted by Gasteiger charge is 2.31. The number of amides is 1. The Hall–Kier alpha value is -3.17. The molecule has 0 aliphatic heterocycles. The Morgan fingerprint density at radius 1 is 1.22 bits per heavy atom. The number of alkyl halides is 3. The van der Waals surface area contributed by atoms with E-state index in [9.17, 15) is 18.0 Å². The first-order valence-corrected chi connectivity index (χ1v) is 6.25. The Labute approximate surface area is 126 Å². The lowest BCUT2D eigenvalue weighted by Crippen LogP contribution is -2.17. The van der Waals surface area contributed by atoms with Crippen LogP contribution in [0.5, 0.6) is 5.75 Å². The van der Waals surface area contributed by atoms with Gasteiger partial charge < -0.3 is 10.1 Å². The summed E-state index contributed by atoms with van der Waals surface area (Å²) in [5.74, 6) is -0.851. The van der Waals surface area contributed by atoms with Gasteiger partial charge in [-0.05, 0) is 30.3 Å². The second-order valence-electron chi connectivity index (χ2n) is 4.33. The average Bonchev–Trinajstić information content (AvgIpc) is 2.92. The van der Waals surface area contributed by atoms with Crippen LogP contribution < -0.4 is 10.1 Å². The lowest BCUT2D eigenvalue weighted by molar-refractivity contribution is -0.274. The number of benzene rings is 1. The molecule has 3 aromatic rings. The van der Waals surface area contributed by atoms with Gasteiger partial charge in [0.15, 0.2) is 0 Å². The predicted molar refractivity (Wildman–Crippen MR) is 71.9 cm³/mol. The molecule has 2 aromatic heterocycles. The van der Waals surface area contributed by atoms with Crippen molar-refractivity contribution in [3.63, 3.8) is 0 Å². The van der Waals surface area contributed by atoms with E-state index in [1.165, 1.54) is 22.8 Å². The van der Waals surface area contributed by atoms with Crippen LogP contribution in [0.4, 0.5) is 18.9 Å². The molecule has 1 aromatic carbocycles. The molecule has 3 rings (SSSR count). The lowest BCUT2D eigenvalue weighted by atomic mass is 10.3. The lowest BCUT2D eigenvalue weighted by Gasteiger charge is -2.09. The Morgan fingerprint density at radius 2 is 1.96 bits per heavy atom. The number of hydrogen-bond donors (Lipinski definition) is 1. The normalized spacial score (nSPS) is 11.4. The predicted octanol–water partition coefficient (Wildman–Crippen LogP) is 2.28. The molecule has 0 aliphatic carbocycles. The summed E-state index contributed by atoms with van der Waals surface area (Å²) in [5.41, 5.74) is 0.274. The number of hydrogen-bond acceptors (Lipinski definition) is 5. The fourth-order valence-electron chi connectivity index (χ4n) is 1.76. The summed E-state index contributed by atoms with van der Waals surface area (Å²) in [4.78, 5) is 19.9. The van der Waals surface area contributed by atoms with E-state index in [1.54, 1.807) is 12.3 Å². The van der Waals surface area contributed by atoms with Crippen molar-refractivity contribution in [2.24, 2.45) is 0 Å². The van der Waals surface area contributed by atoms with E-state index in [0.717, 1.165) is 12.1 Å². The Bertz CT molecular complexity index is 812. The van der Waals surface area contributed by atoms with Gasteiger partial charge in [0.1, 0.15) is 5.75 Å². The third-order valence-electron chi connectivity index (χ3n) is 2.67. The Morgan fingerprint density at radius 3 is 2.61 bits per heavy atom. The van der Waals surface area contributed by atoms with Gasteiger partial charge >= 0.3 is 6.36 Å². The molecule has 0 aliphatic rings. The van der Waals surface area contributed by atoms with Gasteiger partial charge in [0, 0.05) is 18.1 Å². The molecule has 0 bridgehead atoms. The standard InChI is InChI=1S/C13H8F3N5O2/c14-13(15,16)23-9-4-2-8(3-5-9)18-11(22)10-19-12-17-6-1-7-21(12)20-10/h1-7H,(H,18,22). The second-order valence-corrected chi connectivity index (χ2v) is 4.33. The van der Waals surface area contributed by atoms with Crippen LogP contribution in [0.25, 0.3) is 5.78 Å². The number of anilines is 1. The minimum absolute atomic E-state index is 0.112. The van der Waals surface area contributed by atoms with E-state index in [1.807, 2.05) is 0 Å². The minimum atomic E-state index is -4.77. The number of carbonyl (C=O) groups excluding carboxylic acids is 1. The summed E-state index contributed by atoms with van der Waals surface area (Å²) in [6, 6.07) is 6.34. The zero-order valence-electron chi connectivity index (χ0n) is 11.3. The Kier molecular flexibility index (Phi) is 3.56. The number of halogens is 3. The highest BCUT2D eigenvalue weighted by molar-refractivity contribution is 6.01. The van der Waals surface area contributed by atoms with Gasteiger partial charge in [-0.3, -0.25) is 4.79 Å². The van der Waals surface area contributed by atoms with E-state index in [2.05, 4.69) is 25.1 Å². The van der Waals surface area contributed by atoms with Crippen LogP contribution in [0.3, 0.4) is 0 Å². The van der Waals surface area contributed by atoms with E-state index in [4.69, 9.17) is 0 Å². The molecule has 0 radical (unpaired) electrons. The maximum absolute atomic E-state index is 12.1. The smallest absolute Gasteiger partial charge is 0.406 e. The van der Waals surface area contributed by atoms with Gasteiger partial charge in [-0.1, -0.05) is 0 Å². The van der Waals surface area contributed by atoms with Crippen LogP contribution in [-0.2, 0) is 0 Å². The highest BCUT2D eigenvalue weighted by Crippen LogP contribution is 2.24. The van der Waals surface area contributed by atoms with Gasteiger partial charge in [-0.15, -0.1) is 18.3 Å². The number of rotatable bonds is 3. The monoisotopic (exact) mass is 323 g/mol. The summed E-state index contributed by atoms with van der Waals surface area (Å²) in [7, 11) is 0. The van der Waals surface area contributed by atoms with Crippen molar-refractivity contribution in [2.75, 3.05) is 5.32 Å². The van der Waals surface area contributed by atoms with Crippen molar-refractivity contribution in [3.05, 3.63) is 48.5 Å². The van der Waals surface area contributed by atoms with Crippen molar-refractivity contribution in [2.45, 2.75) is 6.36 Å². The molecule has 0 fully saturated rings. The zero-order chi connectivity index (χ0) is 16.4. The maximum Gasteiger partial charge on any atom is 0.573 e. The summed E-state index contributed by atoms with van der Waals surface area (Å²) in [6.45, 7) is 0. The number of ether oxygens (including phenoxy) is 1. The van der Waals surface area contributed by atoms with E-state index >= 15 is 0 Å². The molecular formula is C13H8F3N5O2. The minimum Gasteiger partial charge on any atom is -0.406 e. The average molecular weight is 323 g/mol. The van der Waals surface area contributed by atoms with Gasteiger partial charge in [0.2, 0.25) is 5.82 Å². The number of nitrogens with one attached hydrogen (secondary N) is 1. The summed E-state index contributed by atoms with van der Waals surface area (Å²) >= 11 is 0. The molecule has 0 saturated heterocycles. The topological polar surface area (TPSA) is 81.4 Å². The van der Waals surface area contributed by atoms with Gasteiger partial charge in [-0.2, -0.15) is 4.98 Å².